The third-order valence-corrected chi connectivity index (χ3v) is 3.00. The van der Waals surface area contributed by atoms with Gasteiger partial charge in [-0.2, -0.15) is 0 Å². The normalized spacial score (nSPS) is 11.5. The molecule has 0 fully saturated rings. The fourth-order valence-corrected chi connectivity index (χ4v) is 1.77. The third-order valence-electron chi connectivity index (χ3n) is 2.08. The molecule has 0 atom stereocenters. The Kier molecular flexibility index (Phi) is 4.22. The van der Waals surface area contributed by atoms with Crippen LogP contribution in [0.25, 0.3) is 0 Å². The molecule has 8 heteroatoms. The molecule has 1 aromatic heterocycles. The molecule has 1 heterocycles. The summed E-state index contributed by atoms with van der Waals surface area (Å²) in [7, 11) is -3.10. The van der Waals surface area contributed by atoms with Gasteiger partial charge in [0.1, 0.15) is 15.7 Å². The van der Waals surface area contributed by atoms with Crippen LogP contribution in [0.1, 0.15) is 23.4 Å². The van der Waals surface area contributed by atoms with Gasteiger partial charge >= 0.3 is 5.97 Å². The molecule has 0 aliphatic rings. The van der Waals surface area contributed by atoms with E-state index in [4.69, 9.17) is 4.74 Å². The average molecular weight is 261 g/mol. The zero-order chi connectivity index (χ0) is 13.1. The number of aryl methyl sites for hydroxylation is 1. The van der Waals surface area contributed by atoms with Crippen molar-refractivity contribution in [3.05, 3.63) is 11.6 Å². The number of nitrogens with zero attached hydrogens (tertiary/aromatic N) is 3. The Labute approximate surface area is 99.7 Å². The molecule has 96 valence electrons. The van der Waals surface area contributed by atoms with Crippen LogP contribution in [0.15, 0.2) is 0 Å². The van der Waals surface area contributed by atoms with Gasteiger partial charge in [0.25, 0.3) is 0 Å². The van der Waals surface area contributed by atoms with E-state index in [1.54, 1.807) is 13.8 Å². The molecule has 7 nitrogen and oxygen atoms in total. The molecule has 0 aliphatic carbocycles. The molecule has 0 aromatic carbocycles. The van der Waals surface area contributed by atoms with Crippen LogP contribution in [0.2, 0.25) is 0 Å². The van der Waals surface area contributed by atoms with Crippen molar-refractivity contribution in [2.75, 3.05) is 18.6 Å². The second-order valence-corrected chi connectivity index (χ2v) is 5.83. The zero-order valence-corrected chi connectivity index (χ0v) is 10.8. The SMILES string of the molecule is CCOC(=O)c1nnc(C)n1CCS(C)(=O)=O. The first-order valence-electron chi connectivity index (χ1n) is 5.09. The molecule has 0 saturated carbocycles. The first-order chi connectivity index (χ1) is 7.85. The molecule has 0 amide bonds. The van der Waals surface area contributed by atoms with Crippen LogP contribution in [-0.4, -0.2) is 47.8 Å². The number of esters is 1. The van der Waals surface area contributed by atoms with Crippen LogP contribution in [-0.2, 0) is 21.1 Å². The summed E-state index contributed by atoms with van der Waals surface area (Å²) in [6.07, 6.45) is 1.14. The topological polar surface area (TPSA) is 91.2 Å². The van der Waals surface area contributed by atoms with E-state index in [0.717, 1.165) is 6.26 Å². The van der Waals surface area contributed by atoms with Gasteiger partial charge < -0.3 is 9.30 Å². The average Bonchev–Trinajstić information content (AvgIpc) is 2.56. The lowest BCUT2D eigenvalue weighted by atomic mass is 10.5. The number of carbonyl (C=O) groups is 1. The summed E-state index contributed by atoms with van der Waals surface area (Å²) in [6.45, 7) is 3.71. The fraction of sp³-hybridized carbons (Fsp3) is 0.667. The van der Waals surface area contributed by atoms with Gasteiger partial charge in [-0.15, -0.1) is 10.2 Å². The molecule has 17 heavy (non-hydrogen) atoms. The Hall–Kier alpha value is -1.44. The van der Waals surface area contributed by atoms with E-state index in [-0.39, 0.29) is 24.7 Å². The summed E-state index contributed by atoms with van der Waals surface area (Å²) >= 11 is 0. The van der Waals surface area contributed by atoms with Gasteiger partial charge in [0.05, 0.1) is 12.4 Å². The molecule has 0 spiro atoms. The lowest BCUT2D eigenvalue weighted by molar-refractivity contribution is 0.0505. The smallest absolute Gasteiger partial charge is 0.376 e. The van der Waals surface area contributed by atoms with Crippen molar-refractivity contribution in [1.29, 1.82) is 0 Å². The van der Waals surface area contributed by atoms with E-state index >= 15 is 0 Å². The van der Waals surface area contributed by atoms with Gasteiger partial charge in [-0.1, -0.05) is 0 Å². The monoisotopic (exact) mass is 261 g/mol. The van der Waals surface area contributed by atoms with Crippen molar-refractivity contribution in [2.45, 2.75) is 20.4 Å². The van der Waals surface area contributed by atoms with Crippen LogP contribution in [0.4, 0.5) is 0 Å². The lowest BCUT2D eigenvalue weighted by Crippen LogP contribution is -2.18. The first-order valence-corrected chi connectivity index (χ1v) is 7.16. The Bertz CT molecular complexity index is 506. The second kappa shape index (κ2) is 5.26. The Morgan fingerprint density at radius 2 is 2.06 bits per heavy atom. The number of ether oxygens (including phenoxy) is 1. The van der Waals surface area contributed by atoms with Gasteiger partial charge in [-0.05, 0) is 13.8 Å². The molecular weight excluding hydrogens is 246 g/mol. The zero-order valence-electron chi connectivity index (χ0n) is 10.0. The van der Waals surface area contributed by atoms with Crippen LogP contribution < -0.4 is 0 Å². The molecule has 0 radical (unpaired) electrons. The van der Waals surface area contributed by atoms with E-state index < -0.39 is 15.8 Å². The Morgan fingerprint density at radius 1 is 1.41 bits per heavy atom. The largest absolute Gasteiger partial charge is 0.460 e. The highest BCUT2D eigenvalue weighted by Crippen LogP contribution is 2.04. The predicted molar refractivity (Wildman–Crippen MR) is 60.4 cm³/mol. The van der Waals surface area contributed by atoms with Crippen LogP contribution in [0, 0.1) is 6.92 Å². The Balaban J connectivity index is 2.91. The number of aromatic nitrogens is 3. The lowest BCUT2D eigenvalue weighted by Gasteiger charge is -2.06. The maximum atomic E-state index is 11.5. The molecule has 0 saturated heterocycles. The molecule has 0 N–H and O–H groups in total. The standard InChI is InChI=1S/C9H15N3O4S/c1-4-16-9(13)8-11-10-7(2)12(8)5-6-17(3,14)15/h4-6H2,1-3H3. The molecule has 1 aromatic rings. The van der Waals surface area contributed by atoms with Crippen molar-refractivity contribution >= 4 is 15.8 Å². The molecule has 0 bridgehead atoms. The van der Waals surface area contributed by atoms with Gasteiger partial charge in [-0.25, -0.2) is 13.2 Å². The van der Waals surface area contributed by atoms with Crippen LogP contribution in [0.5, 0.6) is 0 Å². The highest BCUT2D eigenvalue weighted by Gasteiger charge is 2.18. The van der Waals surface area contributed by atoms with Gasteiger partial charge in [0, 0.05) is 12.8 Å². The van der Waals surface area contributed by atoms with E-state index in [1.807, 2.05) is 0 Å². The van der Waals surface area contributed by atoms with Crippen LogP contribution >= 0.6 is 0 Å². The van der Waals surface area contributed by atoms with E-state index in [0.29, 0.717) is 5.82 Å². The summed E-state index contributed by atoms with van der Waals surface area (Å²) in [5.41, 5.74) is 0. The molecule has 1 rings (SSSR count). The number of rotatable bonds is 5. The van der Waals surface area contributed by atoms with Crippen molar-refractivity contribution in [3.8, 4) is 0 Å². The molecule has 0 unspecified atom stereocenters. The predicted octanol–water partition coefficient (Wildman–Crippen LogP) is -0.192. The van der Waals surface area contributed by atoms with Crippen molar-refractivity contribution in [1.82, 2.24) is 14.8 Å². The minimum atomic E-state index is -3.10. The number of carbonyl (C=O) groups excluding carboxylic acids is 1. The summed E-state index contributed by atoms with van der Waals surface area (Å²) < 4.78 is 28.4. The summed E-state index contributed by atoms with van der Waals surface area (Å²) in [4.78, 5) is 11.5. The summed E-state index contributed by atoms with van der Waals surface area (Å²) in [5.74, 6) is -0.149. The summed E-state index contributed by atoms with van der Waals surface area (Å²) in [6, 6.07) is 0. The van der Waals surface area contributed by atoms with E-state index in [1.165, 1.54) is 4.57 Å². The first kappa shape index (κ1) is 13.6. The van der Waals surface area contributed by atoms with Gasteiger partial charge in [0.2, 0.25) is 5.82 Å². The highest BCUT2D eigenvalue weighted by molar-refractivity contribution is 7.90. The third kappa shape index (κ3) is 3.81. The minimum Gasteiger partial charge on any atom is -0.460 e. The molecule has 0 aliphatic heterocycles. The van der Waals surface area contributed by atoms with Gasteiger partial charge in [0.15, 0.2) is 0 Å². The number of hydrogen-bond acceptors (Lipinski definition) is 6. The maximum Gasteiger partial charge on any atom is 0.376 e. The Morgan fingerprint density at radius 3 is 2.59 bits per heavy atom. The fourth-order valence-electron chi connectivity index (χ4n) is 1.25. The molecular formula is C9H15N3O4S. The summed E-state index contributed by atoms with van der Waals surface area (Å²) in [5, 5.41) is 7.42. The maximum absolute atomic E-state index is 11.5. The van der Waals surface area contributed by atoms with E-state index in [2.05, 4.69) is 10.2 Å². The van der Waals surface area contributed by atoms with Crippen molar-refractivity contribution in [2.24, 2.45) is 0 Å². The van der Waals surface area contributed by atoms with Crippen molar-refractivity contribution < 1.29 is 17.9 Å². The minimum absolute atomic E-state index is 0.0352. The van der Waals surface area contributed by atoms with E-state index in [9.17, 15) is 13.2 Å². The second-order valence-electron chi connectivity index (χ2n) is 3.57. The van der Waals surface area contributed by atoms with Crippen LogP contribution in [0.3, 0.4) is 0 Å². The van der Waals surface area contributed by atoms with Crippen molar-refractivity contribution in [3.63, 3.8) is 0 Å². The van der Waals surface area contributed by atoms with Gasteiger partial charge in [-0.3, -0.25) is 0 Å². The number of hydrogen-bond donors (Lipinski definition) is 0. The number of sulfone groups is 1. The quantitative estimate of drug-likeness (QED) is 0.682. The highest BCUT2D eigenvalue weighted by atomic mass is 32.2.